The highest BCUT2D eigenvalue weighted by atomic mass is 16.3. The zero-order valence-corrected chi connectivity index (χ0v) is 7.12. The lowest BCUT2D eigenvalue weighted by Crippen LogP contribution is -2.07. The molecule has 1 rings (SSSR count). The lowest BCUT2D eigenvalue weighted by Gasteiger charge is -2.03. The van der Waals surface area contributed by atoms with Gasteiger partial charge in [-0.05, 0) is 6.42 Å². The molecule has 0 bridgehead atoms. The van der Waals surface area contributed by atoms with Gasteiger partial charge in [-0.2, -0.15) is 0 Å². The molecule has 0 aliphatic rings. The van der Waals surface area contributed by atoms with Crippen molar-refractivity contribution in [3.8, 4) is 0 Å². The van der Waals surface area contributed by atoms with Crippen LogP contribution < -0.4 is 5.32 Å². The Hall–Kier alpha value is -1.16. The maximum Gasteiger partial charge on any atom is 0.129 e. The molecule has 66 valence electrons. The van der Waals surface area contributed by atoms with Crippen LogP contribution in [0.1, 0.15) is 12.6 Å². The number of rotatable bonds is 4. The van der Waals surface area contributed by atoms with Crippen molar-refractivity contribution in [2.75, 3.05) is 18.5 Å². The van der Waals surface area contributed by atoms with Gasteiger partial charge in [-0.1, -0.05) is 6.92 Å². The number of nitrogens with zero attached hydrogens (tertiary/aromatic N) is 2. The fourth-order valence-electron chi connectivity index (χ4n) is 0.872. The van der Waals surface area contributed by atoms with E-state index in [2.05, 4.69) is 15.3 Å². The minimum absolute atomic E-state index is 0.117. The number of hydrogen-bond donors (Lipinski definition) is 2. The highest BCUT2D eigenvalue weighted by Crippen LogP contribution is 2.03. The molecule has 0 fully saturated rings. The summed E-state index contributed by atoms with van der Waals surface area (Å²) in [4.78, 5) is 8.04. The molecule has 1 aromatic rings. The fourth-order valence-corrected chi connectivity index (χ4v) is 0.872. The Balaban J connectivity index is 2.60. The lowest BCUT2D eigenvalue weighted by molar-refractivity contribution is 0.311. The first kappa shape index (κ1) is 8.93. The number of nitrogens with one attached hydrogen (secondary N) is 1. The second kappa shape index (κ2) is 4.66. The van der Waals surface area contributed by atoms with Crippen LogP contribution in [0.5, 0.6) is 0 Å². The molecule has 0 saturated carbocycles. The Bertz CT molecular complexity index is 239. The number of aliphatic hydroxyl groups excluding tert-OH is 1. The monoisotopic (exact) mass is 167 g/mol. The fraction of sp³-hybridized carbons (Fsp3) is 0.500. The summed E-state index contributed by atoms with van der Waals surface area (Å²) >= 11 is 0. The average Bonchev–Trinajstić information content (AvgIpc) is 2.15. The van der Waals surface area contributed by atoms with Gasteiger partial charge in [-0.3, -0.25) is 0 Å². The number of hydrogen-bond acceptors (Lipinski definition) is 4. The molecule has 0 spiro atoms. The molecule has 0 atom stereocenters. The summed E-state index contributed by atoms with van der Waals surface area (Å²) in [5.41, 5.74) is 1.01. The van der Waals surface area contributed by atoms with Gasteiger partial charge in [0.05, 0.1) is 6.61 Å². The van der Waals surface area contributed by atoms with Crippen LogP contribution in [0.15, 0.2) is 12.4 Å². The van der Waals surface area contributed by atoms with Crippen LogP contribution in [0.3, 0.4) is 0 Å². The maximum absolute atomic E-state index is 8.55. The second-order valence-electron chi connectivity index (χ2n) is 2.40. The Morgan fingerprint density at radius 1 is 1.50 bits per heavy atom. The third-order valence-electron chi connectivity index (χ3n) is 1.50. The van der Waals surface area contributed by atoms with Gasteiger partial charge in [-0.25, -0.2) is 9.97 Å². The predicted molar refractivity (Wildman–Crippen MR) is 47.0 cm³/mol. The molecule has 1 heterocycles. The highest BCUT2D eigenvalue weighted by Gasteiger charge is 1.94. The Morgan fingerprint density at radius 2 is 2.33 bits per heavy atom. The Labute approximate surface area is 71.7 Å². The first-order valence-corrected chi connectivity index (χ1v) is 4.02. The van der Waals surface area contributed by atoms with E-state index in [1.54, 1.807) is 0 Å². The van der Waals surface area contributed by atoms with Crippen LogP contribution in [0.4, 0.5) is 5.82 Å². The molecule has 0 radical (unpaired) electrons. The molecule has 0 aromatic carbocycles. The van der Waals surface area contributed by atoms with E-state index in [0.29, 0.717) is 6.54 Å². The third-order valence-corrected chi connectivity index (χ3v) is 1.50. The average molecular weight is 167 g/mol. The second-order valence-corrected chi connectivity index (χ2v) is 2.40. The van der Waals surface area contributed by atoms with E-state index in [1.165, 1.54) is 6.33 Å². The van der Waals surface area contributed by atoms with Crippen LogP contribution in [0.25, 0.3) is 0 Å². The van der Waals surface area contributed by atoms with Crippen molar-refractivity contribution in [3.63, 3.8) is 0 Å². The van der Waals surface area contributed by atoms with E-state index in [9.17, 15) is 0 Å². The van der Waals surface area contributed by atoms with Crippen molar-refractivity contribution in [1.82, 2.24) is 9.97 Å². The molecule has 1 aromatic heterocycles. The van der Waals surface area contributed by atoms with Crippen LogP contribution in [0.2, 0.25) is 0 Å². The Morgan fingerprint density at radius 3 is 3.00 bits per heavy atom. The van der Waals surface area contributed by atoms with Crippen molar-refractivity contribution in [2.24, 2.45) is 0 Å². The van der Waals surface area contributed by atoms with Gasteiger partial charge in [0, 0.05) is 18.3 Å². The summed E-state index contributed by atoms with van der Waals surface area (Å²) in [6.45, 7) is 2.68. The first-order chi connectivity index (χ1) is 5.86. The van der Waals surface area contributed by atoms with Gasteiger partial charge in [-0.15, -0.1) is 0 Å². The van der Waals surface area contributed by atoms with E-state index in [-0.39, 0.29) is 6.61 Å². The third kappa shape index (κ3) is 2.47. The number of anilines is 1. The van der Waals surface area contributed by atoms with Crippen molar-refractivity contribution in [1.29, 1.82) is 0 Å². The van der Waals surface area contributed by atoms with E-state index in [0.717, 1.165) is 17.9 Å². The summed E-state index contributed by atoms with van der Waals surface area (Å²) in [6, 6.07) is 1.88. The summed E-state index contributed by atoms with van der Waals surface area (Å²) in [5.74, 6) is 0.774. The zero-order chi connectivity index (χ0) is 8.81. The molecular weight excluding hydrogens is 154 g/mol. The van der Waals surface area contributed by atoms with Crippen molar-refractivity contribution in [2.45, 2.75) is 13.3 Å². The molecule has 0 amide bonds. The van der Waals surface area contributed by atoms with Crippen molar-refractivity contribution >= 4 is 5.82 Å². The largest absolute Gasteiger partial charge is 0.395 e. The molecule has 0 aliphatic carbocycles. The topological polar surface area (TPSA) is 58.0 Å². The van der Waals surface area contributed by atoms with Gasteiger partial charge in [0.1, 0.15) is 12.1 Å². The van der Waals surface area contributed by atoms with Crippen LogP contribution in [-0.2, 0) is 6.42 Å². The standard InChI is InChI=1S/C8H13N3O/c1-2-7-5-8(9-3-4-12)11-6-10-7/h5-6,12H,2-4H2,1H3,(H,9,10,11). The molecule has 2 N–H and O–H groups in total. The van der Waals surface area contributed by atoms with E-state index >= 15 is 0 Å². The van der Waals surface area contributed by atoms with E-state index in [4.69, 9.17) is 5.11 Å². The minimum atomic E-state index is 0.117. The number of aliphatic hydroxyl groups is 1. The van der Waals surface area contributed by atoms with Crippen molar-refractivity contribution in [3.05, 3.63) is 18.1 Å². The molecule has 4 heteroatoms. The van der Waals surface area contributed by atoms with E-state index in [1.807, 2.05) is 13.0 Å². The van der Waals surface area contributed by atoms with Crippen molar-refractivity contribution < 1.29 is 5.11 Å². The normalized spacial score (nSPS) is 9.83. The number of aryl methyl sites for hydroxylation is 1. The molecular formula is C8H13N3O. The molecule has 0 saturated heterocycles. The summed E-state index contributed by atoms with van der Waals surface area (Å²) < 4.78 is 0. The Kier molecular flexibility index (Phi) is 3.47. The summed E-state index contributed by atoms with van der Waals surface area (Å²) in [5, 5.41) is 11.5. The maximum atomic E-state index is 8.55. The summed E-state index contributed by atoms with van der Waals surface area (Å²) in [6.07, 6.45) is 2.43. The highest BCUT2D eigenvalue weighted by molar-refractivity contribution is 5.34. The van der Waals surface area contributed by atoms with Gasteiger partial charge in [0.15, 0.2) is 0 Å². The zero-order valence-electron chi connectivity index (χ0n) is 7.12. The van der Waals surface area contributed by atoms with Crippen LogP contribution in [0, 0.1) is 0 Å². The van der Waals surface area contributed by atoms with Gasteiger partial charge < -0.3 is 10.4 Å². The number of aromatic nitrogens is 2. The predicted octanol–water partition coefficient (Wildman–Crippen LogP) is 0.443. The molecule has 12 heavy (non-hydrogen) atoms. The summed E-state index contributed by atoms with van der Waals surface area (Å²) in [7, 11) is 0. The first-order valence-electron chi connectivity index (χ1n) is 4.02. The van der Waals surface area contributed by atoms with Gasteiger partial charge >= 0.3 is 0 Å². The molecule has 4 nitrogen and oxygen atoms in total. The van der Waals surface area contributed by atoms with E-state index < -0.39 is 0 Å². The van der Waals surface area contributed by atoms with Crippen LogP contribution >= 0.6 is 0 Å². The smallest absolute Gasteiger partial charge is 0.129 e. The van der Waals surface area contributed by atoms with Crippen LogP contribution in [-0.4, -0.2) is 28.2 Å². The molecule has 0 unspecified atom stereocenters. The molecule has 0 aliphatic heterocycles. The SMILES string of the molecule is CCc1cc(NCCO)ncn1. The minimum Gasteiger partial charge on any atom is -0.395 e. The van der Waals surface area contributed by atoms with Gasteiger partial charge in [0.2, 0.25) is 0 Å². The quantitative estimate of drug-likeness (QED) is 0.683. The van der Waals surface area contributed by atoms with Gasteiger partial charge in [0.25, 0.3) is 0 Å². The lowest BCUT2D eigenvalue weighted by atomic mass is 10.3.